The Balaban J connectivity index is 1.71. The van der Waals surface area contributed by atoms with Gasteiger partial charge in [0.25, 0.3) is 5.91 Å². The molecule has 1 atom stereocenters. The van der Waals surface area contributed by atoms with Crippen LogP contribution in [0.25, 0.3) is 0 Å². The molecule has 5 nitrogen and oxygen atoms in total. The number of hydrogen-bond acceptors (Lipinski definition) is 3. The van der Waals surface area contributed by atoms with E-state index in [0.29, 0.717) is 30.0 Å². The first-order valence-electron chi connectivity index (χ1n) is 7.61. The van der Waals surface area contributed by atoms with Crippen LogP contribution in [-0.4, -0.2) is 31.5 Å². The summed E-state index contributed by atoms with van der Waals surface area (Å²) in [6, 6.07) is 12.0. The van der Waals surface area contributed by atoms with Gasteiger partial charge in [0.05, 0.1) is 12.7 Å². The number of rotatable bonds is 4. The number of methoxy groups -OCH3 is 1. The van der Waals surface area contributed by atoms with Gasteiger partial charge in [0.15, 0.2) is 0 Å². The number of carbonyl (C=O) groups is 2. The number of benzene rings is 2. The topological polar surface area (TPSA) is 58.6 Å². The second-order valence-electron chi connectivity index (χ2n) is 5.48. The minimum atomic E-state index is -0.604. The third kappa shape index (κ3) is 3.08. The Morgan fingerprint density at radius 1 is 1.21 bits per heavy atom. The van der Waals surface area contributed by atoms with Crippen LogP contribution in [-0.2, 0) is 4.79 Å². The van der Waals surface area contributed by atoms with Gasteiger partial charge in [0, 0.05) is 12.2 Å². The van der Waals surface area contributed by atoms with Gasteiger partial charge in [-0.3, -0.25) is 9.59 Å². The molecule has 0 spiro atoms. The molecule has 0 aromatic heterocycles. The van der Waals surface area contributed by atoms with Crippen molar-refractivity contribution in [2.24, 2.45) is 0 Å². The number of ether oxygens (including phenoxy) is 1. The maximum absolute atomic E-state index is 13.0. The highest BCUT2D eigenvalue weighted by Gasteiger charge is 2.34. The molecule has 0 saturated carbocycles. The van der Waals surface area contributed by atoms with Crippen LogP contribution in [0.4, 0.5) is 10.1 Å². The van der Waals surface area contributed by atoms with E-state index in [-0.39, 0.29) is 17.6 Å². The fourth-order valence-electron chi connectivity index (χ4n) is 2.76. The molecule has 0 radical (unpaired) electrons. The molecule has 1 aliphatic heterocycles. The van der Waals surface area contributed by atoms with Crippen LogP contribution in [0.3, 0.4) is 0 Å². The van der Waals surface area contributed by atoms with E-state index in [9.17, 15) is 14.0 Å². The highest BCUT2D eigenvalue weighted by molar-refractivity contribution is 6.04. The number of amides is 2. The number of halogens is 1. The minimum Gasteiger partial charge on any atom is -0.496 e. The van der Waals surface area contributed by atoms with E-state index < -0.39 is 6.04 Å². The Kier molecular flexibility index (Phi) is 4.46. The molecular weight excluding hydrogens is 311 g/mol. The van der Waals surface area contributed by atoms with E-state index in [2.05, 4.69) is 5.32 Å². The van der Waals surface area contributed by atoms with Gasteiger partial charge in [-0.05, 0) is 42.8 Å². The molecule has 1 aliphatic rings. The maximum atomic E-state index is 13.0. The summed E-state index contributed by atoms with van der Waals surface area (Å²) in [5.41, 5.74) is 1.00. The summed E-state index contributed by atoms with van der Waals surface area (Å²) in [5, 5.41) is 2.75. The Morgan fingerprint density at radius 3 is 2.62 bits per heavy atom. The summed E-state index contributed by atoms with van der Waals surface area (Å²) in [6.07, 6.45) is 0.497. The average Bonchev–Trinajstić information content (AvgIpc) is 2.96. The smallest absolute Gasteiger partial charge is 0.255 e. The summed E-state index contributed by atoms with van der Waals surface area (Å²) in [5.74, 6) is -0.459. The fourth-order valence-corrected chi connectivity index (χ4v) is 2.76. The van der Waals surface area contributed by atoms with Gasteiger partial charge in [0.2, 0.25) is 5.91 Å². The standard InChI is InChI=1S/C18H17FN2O3/c1-24-16-5-3-2-4-14(16)17(22)20-15-10-11-21(18(15)23)13-8-6-12(19)7-9-13/h2-9,15H,10-11H2,1H3,(H,20,22)/t15-/m1/s1. The third-order valence-corrected chi connectivity index (χ3v) is 4.00. The minimum absolute atomic E-state index is 0.204. The molecule has 2 aromatic rings. The molecule has 0 aliphatic carbocycles. The first kappa shape index (κ1) is 16.0. The van der Waals surface area contributed by atoms with Crippen molar-refractivity contribution in [2.45, 2.75) is 12.5 Å². The monoisotopic (exact) mass is 328 g/mol. The van der Waals surface area contributed by atoms with Gasteiger partial charge in [-0.1, -0.05) is 12.1 Å². The summed E-state index contributed by atoms with van der Waals surface area (Å²) < 4.78 is 18.2. The van der Waals surface area contributed by atoms with Crippen molar-refractivity contribution in [1.29, 1.82) is 0 Å². The van der Waals surface area contributed by atoms with Gasteiger partial charge < -0.3 is 15.0 Å². The average molecular weight is 328 g/mol. The molecule has 2 aromatic carbocycles. The lowest BCUT2D eigenvalue weighted by Gasteiger charge is -2.17. The number of nitrogens with one attached hydrogen (secondary N) is 1. The number of hydrogen-bond donors (Lipinski definition) is 1. The van der Waals surface area contributed by atoms with E-state index in [0.717, 1.165) is 0 Å². The van der Waals surface area contributed by atoms with Gasteiger partial charge in [-0.2, -0.15) is 0 Å². The quantitative estimate of drug-likeness (QED) is 0.937. The Bertz CT molecular complexity index is 761. The predicted octanol–water partition coefficient (Wildman–Crippen LogP) is 2.37. The highest BCUT2D eigenvalue weighted by Crippen LogP contribution is 2.23. The van der Waals surface area contributed by atoms with E-state index in [4.69, 9.17) is 4.74 Å². The normalized spacial score (nSPS) is 17.0. The van der Waals surface area contributed by atoms with Crippen molar-refractivity contribution < 1.29 is 18.7 Å². The molecular formula is C18H17FN2O3. The summed E-state index contributed by atoms with van der Waals surface area (Å²) >= 11 is 0. The number of carbonyl (C=O) groups excluding carboxylic acids is 2. The van der Waals surface area contributed by atoms with Crippen molar-refractivity contribution in [3.8, 4) is 5.75 Å². The predicted molar refractivity (Wildman–Crippen MR) is 87.6 cm³/mol. The largest absolute Gasteiger partial charge is 0.496 e. The lowest BCUT2D eigenvalue weighted by atomic mass is 10.1. The van der Waals surface area contributed by atoms with Crippen LogP contribution < -0.4 is 15.0 Å². The molecule has 2 amide bonds. The number of anilines is 1. The van der Waals surface area contributed by atoms with Gasteiger partial charge in [-0.15, -0.1) is 0 Å². The molecule has 1 heterocycles. The van der Waals surface area contributed by atoms with Crippen molar-refractivity contribution >= 4 is 17.5 Å². The first-order chi connectivity index (χ1) is 11.6. The van der Waals surface area contributed by atoms with Gasteiger partial charge in [-0.25, -0.2) is 4.39 Å². The zero-order valence-corrected chi connectivity index (χ0v) is 13.2. The zero-order chi connectivity index (χ0) is 17.1. The van der Waals surface area contributed by atoms with Crippen molar-refractivity contribution in [1.82, 2.24) is 5.32 Å². The molecule has 1 fully saturated rings. The van der Waals surface area contributed by atoms with Gasteiger partial charge >= 0.3 is 0 Å². The lowest BCUT2D eigenvalue weighted by Crippen LogP contribution is -2.41. The molecule has 124 valence electrons. The van der Waals surface area contributed by atoms with Crippen molar-refractivity contribution in [2.75, 3.05) is 18.6 Å². The highest BCUT2D eigenvalue weighted by atomic mass is 19.1. The molecule has 1 saturated heterocycles. The Hall–Kier alpha value is -2.89. The Labute approximate surface area is 139 Å². The summed E-state index contributed by atoms with van der Waals surface area (Å²) in [4.78, 5) is 26.4. The van der Waals surface area contributed by atoms with Crippen LogP contribution >= 0.6 is 0 Å². The molecule has 6 heteroatoms. The van der Waals surface area contributed by atoms with E-state index in [1.165, 1.54) is 19.2 Å². The van der Waals surface area contributed by atoms with E-state index in [1.807, 2.05) is 0 Å². The van der Waals surface area contributed by atoms with Gasteiger partial charge in [0.1, 0.15) is 17.6 Å². The molecule has 24 heavy (non-hydrogen) atoms. The van der Waals surface area contributed by atoms with E-state index >= 15 is 0 Å². The van der Waals surface area contributed by atoms with Crippen LogP contribution in [0.5, 0.6) is 5.75 Å². The maximum Gasteiger partial charge on any atom is 0.255 e. The number of para-hydroxylation sites is 1. The molecule has 3 rings (SSSR count). The molecule has 1 N–H and O–H groups in total. The Morgan fingerprint density at radius 2 is 1.92 bits per heavy atom. The third-order valence-electron chi connectivity index (χ3n) is 4.00. The molecule has 0 unspecified atom stereocenters. The van der Waals surface area contributed by atoms with Crippen LogP contribution in [0.2, 0.25) is 0 Å². The second kappa shape index (κ2) is 6.70. The summed E-state index contributed by atoms with van der Waals surface area (Å²) in [7, 11) is 1.49. The zero-order valence-electron chi connectivity index (χ0n) is 13.2. The summed E-state index contributed by atoms with van der Waals surface area (Å²) in [6.45, 7) is 0.474. The van der Waals surface area contributed by atoms with E-state index in [1.54, 1.807) is 41.3 Å². The number of nitrogens with zero attached hydrogens (tertiary/aromatic N) is 1. The SMILES string of the molecule is COc1ccccc1C(=O)N[C@@H]1CCN(c2ccc(F)cc2)C1=O. The lowest BCUT2D eigenvalue weighted by molar-refractivity contribution is -0.118. The van der Waals surface area contributed by atoms with Crippen LogP contribution in [0.1, 0.15) is 16.8 Å². The van der Waals surface area contributed by atoms with Crippen molar-refractivity contribution in [3.63, 3.8) is 0 Å². The second-order valence-corrected chi connectivity index (χ2v) is 5.48. The first-order valence-corrected chi connectivity index (χ1v) is 7.61. The molecule has 0 bridgehead atoms. The van der Waals surface area contributed by atoms with Crippen LogP contribution in [0, 0.1) is 5.82 Å². The van der Waals surface area contributed by atoms with Crippen molar-refractivity contribution in [3.05, 3.63) is 59.9 Å². The van der Waals surface area contributed by atoms with Crippen LogP contribution in [0.15, 0.2) is 48.5 Å². The fraction of sp³-hybridized carbons (Fsp3) is 0.222.